The molecule has 2 amide bonds. The summed E-state index contributed by atoms with van der Waals surface area (Å²) in [6.07, 6.45) is -7.38. The number of aryl methyl sites for hydroxylation is 2. The number of rotatable bonds is 9. The van der Waals surface area contributed by atoms with Crippen LogP contribution in [0.3, 0.4) is 0 Å². The zero-order chi connectivity index (χ0) is 32.4. The van der Waals surface area contributed by atoms with E-state index in [4.69, 9.17) is 0 Å². The molecule has 1 aliphatic carbocycles. The maximum atomic E-state index is 13.5. The number of hydrogen-bond acceptors (Lipinski definition) is 6. The van der Waals surface area contributed by atoms with E-state index in [-0.39, 0.29) is 36.8 Å². The standard InChI is InChI=1S/C31H24F6N4O3S/c32-30(33,34)23-12-22(13-24(15-23)31(35,36)37)26-17-45-29(39-26)41(25-9-8-19-2-1-3-21(19)14-25)16-18-4-6-20(7-5-18)28(43)38-11-10-27(42)40-44/h4-9,12-15,17H,1-3,10-11,16H2,(H,38,43). The van der Waals surface area contributed by atoms with Crippen molar-refractivity contribution < 1.29 is 35.9 Å². The van der Waals surface area contributed by atoms with Crippen LogP contribution in [0, 0.1) is 4.91 Å². The number of benzene rings is 3. The highest BCUT2D eigenvalue weighted by Gasteiger charge is 2.37. The van der Waals surface area contributed by atoms with Crippen LogP contribution in [-0.2, 0) is 36.5 Å². The first-order valence-corrected chi connectivity index (χ1v) is 14.6. The first-order chi connectivity index (χ1) is 21.3. The van der Waals surface area contributed by atoms with E-state index >= 15 is 0 Å². The number of amides is 2. The lowest BCUT2D eigenvalue weighted by atomic mass is 10.0. The first kappa shape index (κ1) is 31.8. The van der Waals surface area contributed by atoms with Gasteiger partial charge in [0.25, 0.3) is 11.8 Å². The topological polar surface area (TPSA) is 91.7 Å². The van der Waals surface area contributed by atoms with Gasteiger partial charge in [0.1, 0.15) is 0 Å². The van der Waals surface area contributed by atoms with Gasteiger partial charge >= 0.3 is 12.4 Å². The van der Waals surface area contributed by atoms with Crippen LogP contribution in [0.15, 0.2) is 71.2 Å². The Kier molecular flexibility index (Phi) is 9.05. The van der Waals surface area contributed by atoms with Crippen molar-refractivity contribution in [3.63, 3.8) is 0 Å². The average Bonchev–Trinajstić information content (AvgIpc) is 3.69. The van der Waals surface area contributed by atoms with E-state index in [2.05, 4.69) is 15.5 Å². The smallest absolute Gasteiger partial charge is 0.352 e. The van der Waals surface area contributed by atoms with Crippen molar-refractivity contribution in [1.82, 2.24) is 10.3 Å². The second-order valence-electron chi connectivity index (χ2n) is 10.4. The average molecular weight is 647 g/mol. The van der Waals surface area contributed by atoms with E-state index in [1.165, 1.54) is 10.9 Å². The Morgan fingerprint density at radius 3 is 2.20 bits per heavy atom. The molecule has 0 atom stereocenters. The molecule has 1 aromatic heterocycles. The lowest BCUT2D eigenvalue weighted by Gasteiger charge is -2.23. The SMILES string of the molecule is O=NC(=O)CCNC(=O)c1ccc(CN(c2ccc3c(c2)CCC3)c2nc(-c3cc(C(F)(F)F)cc(C(F)(F)F)c3)cs2)cc1. The number of nitrogens with one attached hydrogen (secondary N) is 1. The number of anilines is 2. The molecule has 4 aromatic rings. The van der Waals surface area contributed by atoms with Gasteiger partial charge in [-0.1, -0.05) is 18.2 Å². The van der Waals surface area contributed by atoms with Crippen molar-refractivity contribution in [2.75, 3.05) is 11.4 Å². The molecule has 0 radical (unpaired) electrons. The van der Waals surface area contributed by atoms with Crippen LogP contribution in [0.2, 0.25) is 0 Å². The van der Waals surface area contributed by atoms with E-state index in [0.29, 0.717) is 22.8 Å². The Labute approximate surface area is 256 Å². The number of fused-ring (bicyclic) bond motifs is 1. The Hall–Kier alpha value is -4.59. The van der Waals surface area contributed by atoms with E-state index in [0.717, 1.165) is 47.4 Å². The Bertz CT molecular complexity index is 1700. The highest BCUT2D eigenvalue weighted by molar-refractivity contribution is 7.14. The van der Waals surface area contributed by atoms with Crippen LogP contribution >= 0.6 is 11.3 Å². The van der Waals surface area contributed by atoms with E-state index < -0.39 is 35.3 Å². The van der Waals surface area contributed by atoms with Gasteiger partial charge in [-0.3, -0.25) is 9.59 Å². The third kappa shape index (κ3) is 7.56. The molecule has 45 heavy (non-hydrogen) atoms. The normalized spacial score (nSPS) is 12.9. The second kappa shape index (κ2) is 12.8. The molecular weight excluding hydrogens is 622 g/mol. The van der Waals surface area contributed by atoms with Crippen LogP contribution in [0.25, 0.3) is 11.3 Å². The van der Waals surface area contributed by atoms with Crippen LogP contribution in [0.1, 0.15) is 51.0 Å². The number of alkyl halides is 6. The number of halogens is 6. The summed E-state index contributed by atoms with van der Waals surface area (Å²) in [4.78, 5) is 40.0. The number of carbonyl (C=O) groups is 2. The Morgan fingerprint density at radius 2 is 1.56 bits per heavy atom. The second-order valence-corrected chi connectivity index (χ2v) is 11.2. The molecule has 0 saturated heterocycles. The molecule has 1 N–H and O–H groups in total. The quantitative estimate of drug-likeness (QED) is 0.147. The third-order valence-electron chi connectivity index (χ3n) is 7.28. The van der Waals surface area contributed by atoms with Crippen LogP contribution in [0.4, 0.5) is 37.2 Å². The fourth-order valence-electron chi connectivity index (χ4n) is 4.99. The molecule has 1 heterocycles. The van der Waals surface area contributed by atoms with Gasteiger partial charge in [-0.25, -0.2) is 4.98 Å². The molecule has 5 rings (SSSR count). The minimum atomic E-state index is -4.99. The van der Waals surface area contributed by atoms with Gasteiger partial charge in [0.05, 0.1) is 23.4 Å². The molecule has 0 fully saturated rings. The van der Waals surface area contributed by atoms with E-state index in [1.807, 2.05) is 23.1 Å². The van der Waals surface area contributed by atoms with E-state index in [9.17, 15) is 40.8 Å². The largest absolute Gasteiger partial charge is 0.416 e. The molecule has 0 bridgehead atoms. The summed E-state index contributed by atoms with van der Waals surface area (Å²) in [5, 5.41) is 6.57. The number of hydrogen-bond donors (Lipinski definition) is 1. The van der Waals surface area contributed by atoms with Crippen LogP contribution < -0.4 is 10.2 Å². The summed E-state index contributed by atoms with van der Waals surface area (Å²) < 4.78 is 81.0. The van der Waals surface area contributed by atoms with Crippen LogP contribution in [-0.4, -0.2) is 23.3 Å². The van der Waals surface area contributed by atoms with Crippen molar-refractivity contribution in [3.8, 4) is 11.3 Å². The van der Waals surface area contributed by atoms with Gasteiger partial charge < -0.3 is 10.2 Å². The maximum Gasteiger partial charge on any atom is 0.416 e. The number of nitrogens with zero attached hydrogens (tertiary/aromatic N) is 3. The highest BCUT2D eigenvalue weighted by Crippen LogP contribution is 2.41. The molecular formula is C31H24F6N4O3S. The Balaban J connectivity index is 1.45. The molecule has 3 aromatic carbocycles. The molecule has 0 aliphatic heterocycles. The number of aromatic nitrogens is 1. The van der Waals surface area contributed by atoms with Crippen molar-refractivity contribution in [3.05, 3.63) is 104 Å². The summed E-state index contributed by atoms with van der Waals surface area (Å²) in [5.41, 5.74) is 0.954. The van der Waals surface area contributed by atoms with Gasteiger partial charge in [-0.15, -0.1) is 16.2 Å². The molecule has 0 unspecified atom stereocenters. The zero-order valence-corrected chi connectivity index (χ0v) is 24.2. The van der Waals surface area contributed by atoms with Crippen LogP contribution in [0.5, 0.6) is 0 Å². The van der Waals surface area contributed by atoms with Crippen molar-refractivity contribution >= 4 is 34.0 Å². The third-order valence-corrected chi connectivity index (χ3v) is 8.15. The lowest BCUT2D eigenvalue weighted by Crippen LogP contribution is -2.25. The lowest BCUT2D eigenvalue weighted by molar-refractivity contribution is -0.143. The Morgan fingerprint density at radius 1 is 0.889 bits per heavy atom. The molecule has 234 valence electrons. The summed E-state index contributed by atoms with van der Waals surface area (Å²) >= 11 is 1.08. The fraction of sp³-hybridized carbons (Fsp3) is 0.258. The summed E-state index contributed by atoms with van der Waals surface area (Å²) in [7, 11) is 0. The molecule has 0 saturated carbocycles. The summed E-state index contributed by atoms with van der Waals surface area (Å²) in [6, 6.07) is 13.8. The van der Waals surface area contributed by atoms with Gasteiger partial charge in [0.15, 0.2) is 5.13 Å². The summed E-state index contributed by atoms with van der Waals surface area (Å²) in [5.74, 6) is -1.34. The van der Waals surface area contributed by atoms with Crippen molar-refractivity contribution in [2.24, 2.45) is 5.18 Å². The molecule has 14 heteroatoms. The number of nitroso groups, excluding NO2 is 1. The van der Waals surface area contributed by atoms with Gasteiger partial charge in [-0.05, 0) is 78.4 Å². The predicted octanol–water partition coefficient (Wildman–Crippen LogP) is 8.09. The summed E-state index contributed by atoms with van der Waals surface area (Å²) in [6.45, 7) is 0.170. The van der Waals surface area contributed by atoms with Gasteiger partial charge in [0, 0.05) is 40.3 Å². The van der Waals surface area contributed by atoms with Gasteiger partial charge in [0.2, 0.25) is 0 Å². The minimum absolute atomic E-state index is 0.0342. The van der Waals surface area contributed by atoms with Crippen molar-refractivity contribution in [1.29, 1.82) is 0 Å². The molecule has 1 aliphatic rings. The molecule has 0 spiro atoms. The highest BCUT2D eigenvalue weighted by atomic mass is 32.1. The number of thiazole rings is 1. The van der Waals surface area contributed by atoms with E-state index in [1.54, 1.807) is 24.3 Å². The number of carbonyl (C=O) groups excluding carboxylic acids is 2. The monoisotopic (exact) mass is 646 g/mol. The first-order valence-electron chi connectivity index (χ1n) is 13.7. The zero-order valence-electron chi connectivity index (χ0n) is 23.3. The predicted molar refractivity (Wildman–Crippen MR) is 156 cm³/mol. The minimum Gasteiger partial charge on any atom is -0.352 e. The van der Waals surface area contributed by atoms with Gasteiger partial charge in [-0.2, -0.15) is 26.3 Å². The maximum absolute atomic E-state index is 13.5. The fourth-order valence-corrected chi connectivity index (χ4v) is 5.85. The van der Waals surface area contributed by atoms with Crippen molar-refractivity contribution in [2.45, 2.75) is 44.6 Å². The molecule has 7 nitrogen and oxygen atoms in total.